The summed E-state index contributed by atoms with van der Waals surface area (Å²) in [5.41, 5.74) is 6.37. The number of nitrogens with one attached hydrogen (secondary N) is 1. The molecule has 0 unspecified atom stereocenters. The highest BCUT2D eigenvalue weighted by molar-refractivity contribution is 7.80. The van der Waals surface area contributed by atoms with Crippen molar-refractivity contribution in [3.63, 3.8) is 0 Å². The minimum atomic E-state index is -0.372. The fourth-order valence-electron chi connectivity index (χ4n) is 1.44. The molecule has 0 atom stereocenters. The van der Waals surface area contributed by atoms with E-state index in [0.29, 0.717) is 17.8 Å². The highest BCUT2D eigenvalue weighted by Gasteiger charge is 2.05. The summed E-state index contributed by atoms with van der Waals surface area (Å²) >= 11 is 12.1. The maximum absolute atomic E-state index is 13.7. The zero-order valence-corrected chi connectivity index (χ0v) is 11.6. The number of rotatable bonds is 4. The van der Waals surface area contributed by atoms with Gasteiger partial charge in [0.25, 0.3) is 0 Å². The first kappa shape index (κ1) is 13.3. The van der Waals surface area contributed by atoms with E-state index < -0.39 is 0 Å². The molecule has 2 rings (SSSR count). The van der Waals surface area contributed by atoms with Crippen molar-refractivity contribution >= 4 is 45.8 Å². The van der Waals surface area contributed by atoms with Crippen LogP contribution in [0.4, 0.5) is 10.1 Å². The average molecular weight is 301 g/mol. The van der Waals surface area contributed by atoms with Crippen LogP contribution in [0.3, 0.4) is 0 Å². The summed E-state index contributed by atoms with van der Waals surface area (Å²) < 4.78 is 14.4. The Morgan fingerprint density at radius 2 is 2.17 bits per heavy atom. The SMILES string of the molecule is NC(=S)c1ccc(NCc2ccc(Cl)s2)c(F)c1. The fourth-order valence-corrected chi connectivity index (χ4v) is 2.60. The molecule has 3 N–H and O–H groups in total. The molecule has 0 radical (unpaired) electrons. The van der Waals surface area contributed by atoms with Crippen molar-refractivity contribution in [2.75, 3.05) is 5.32 Å². The Balaban J connectivity index is 2.08. The molecule has 6 heteroatoms. The van der Waals surface area contributed by atoms with E-state index in [4.69, 9.17) is 29.6 Å². The molecule has 2 nitrogen and oxygen atoms in total. The van der Waals surface area contributed by atoms with Crippen molar-refractivity contribution in [1.82, 2.24) is 0 Å². The fraction of sp³-hybridized carbons (Fsp3) is 0.0833. The van der Waals surface area contributed by atoms with Gasteiger partial charge < -0.3 is 11.1 Å². The van der Waals surface area contributed by atoms with Gasteiger partial charge in [-0.25, -0.2) is 4.39 Å². The first-order valence-corrected chi connectivity index (χ1v) is 6.74. The van der Waals surface area contributed by atoms with E-state index >= 15 is 0 Å². The molecule has 0 aliphatic heterocycles. The maximum atomic E-state index is 13.7. The maximum Gasteiger partial charge on any atom is 0.146 e. The molecule has 0 saturated carbocycles. The van der Waals surface area contributed by atoms with Crippen molar-refractivity contribution in [3.05, 3.63) is 50.9 Å². The Morgan fingerprint density at radius 1 is 1.39 bits per heavy atom. The Kier molecular flexibility index (Phi) is 4.16. The second kappa shape index (κ2) is 5.65. The number of hydrogen-bond donors (Lipinski definition) is 2. The summed E-state index contributed by atoms with van der Waals surface area (Å²) in [7, 11) is 0. The Labute approximate surface area is 119 Å². The number of thiophene rings is 1. The summed E-state index contributed by atoms with van der Waals surface area (Å²) in [6, 6.07) is 8.36. The molecule has 18 heavy (non-hydrogen) atoms. The van der Waals surface area contributed by atoms with Crippen LogP contribution in [0.5, 0.6) is 0 Å². The molecule has 0 bridgehead atoms. The van der Waals surface area contributed by atoms with Gasteiger partial charge in [0, 0.05) is 17.0 Å². The van der Waals surface area contributed by atoms with Gasteiger partial charge in [-0.05, 0) is 30.3 Å². The summed E-state index contributed by atoms with van der Waals surface area (Å²) in [5, 5.41) is 3.00. The van der Waals surface area contributed by atoms with Crippen LogP contribution in [0.25, 0.3) is 0 Å². The second-order valence-electron chi connectivity index (χ2n) is 3.62. The third-order valence-corrected chi connectivity index (χ3v) is 3.80. The predicted molar refractivity (Wildman–Crippen MR) is 78.9 cm³/mol. The van der Waals surface area contributed by atoms with E-state index in [0.717, 1.165) is 9.21 Å². The Bertz CT molecular complexity index is 583. The van der Waals surface area contributed by atoms with Crippen molar-refractivity contribution in [3.8, 4) is 0 Å². The van der Waals surface area contributed by atoms with E-state index in [9.17, 15) is 4.39 Å². The summed E-state index contributed by atoms with van der Waals surface area (Å²) in [5.74, 6) is -0.372. The molecular formula is C12H10ClFN2S2. The van der Waals surface area contributed by atoms with Crippen molar-refractivity contribution in [2.24, 2.45) is 5.73 Å². The number of halogens is 2. The Morgan fingerprint density at radius 3 is 2.72 bits per heavy atom. The molecule has 0 amide bonds. The highest BCUT2D eigenvalue weighted by atomic mass is 35.5. The summed E-state index contributed by atoms with van der Waals surface area (Å²) in [4.78, 5) is 1.23. The lowest BCUT2D eigenvalue weighted by Gasteiger charge is -2.07. The minimum absolute atomic E-state index is 0.186. The predicted octanol–water partition coefficient (Wildman–Crippen LogP) is 3.79. The van der Waals surface area contributed by atoms with Gasteiger partial charge in [0.1, 0.15) is 10.8 Å². The molecule has 0 saturated heterocycles. The molecule has 1 aromatic carbocycles. The Hall–Kier alpha value is -1.17. The number of nitrogens with two attached hydrogens (primary N) is 1. The van der Waals surface area contributed by atoms with Crippen LogP contribution >= 0.6 is 35.2 Å². The molecule has 0 aliphatic carbocycles. The molecule has 2 aromatic rings. The van der Waals surface area contributed by atoms with Gasteiger partial charge in [0.15, 0.2) is 0 Å². The van der Waals surface area contributed by atoms with Crippen molar-refractivity contribution in [2.45, 2.75) is 6.54 Å². The summed E-state index contributed by atoms with van der Waals surface area (Å²) in [6.45, 7) is 0.528. The molecule has 1 heterocycles. The molecular weight excluding hydrogens is 291 g/mol. The standard InChI is InChI=1S/C12H10ClFN2S2/c13-11-4-2-8(18-11)6-16-10-3-1-7(12(15)17)5-9(10)14/h1-5,16H,6H2,(H2,15,17). The van der Waals surface area contributed by atoms with Crippen molar-refractivity contribution < 1.29 is 4.39 Å². The van der Waals surface area contributed by atoms with Crippen LogP contribution in [0.2, 0.25) is 4.34 Å². The molecule has 94 valence electrons. The largest absolute Gasteiger partial charge is 0.389 e. The third-order valence-electron chi connectivity index (χ3n) is 2.34. The van der Waals surface area contributed by atoms with Crippen LogP contribution in [-0.2, 0) is 6.54 Å². The molecule has 1 aromatic heterocycles. The highest BCUT2D eigenvalue weighted by Crippen LogP contribution is 2.23. The third kappa shape index (κ3) is 3.19. The van der Waals surface area contributed by atoms with E-state index in [-0.39, 0.29) is 10.8 Å². The van der Waals surface area contributed by atoms with Gasteiger partial charge in [-0.15, -0.1) is 11.3 Å². The van der Waals surface area contributed by atoms with Gasteiger partial charge in [0.2, 0.25) is 0 Å². The summed E-state index contributed by atoms with van der Waals surface area (Å²) in [6.07, 6.45) is 0. The topological polar surface area (TPSA) is 38.0 Å². The zero-order chi connectivity index (χ0) is 13.1. The van der Waals surface area contributed by atoms with Crippen LogP contribution in [-0.4, -0.2) is 4.99 Å². The van der Waals surface area contributed by atoms with E-state index in [2.05, 4.69) is 5.32 Å². The van der Waals surface area contributed by atoms with Gasteiger partial charge in [-0.1, -0.05) is 23.8 Å². The zero-order valence-electron chi connectivity index (χ0n) is 9.24. The van der Waals surface area contributed by atoms with Crippen molar-refractivity contribution in [1.29, 1.82) is 0 Å². The first-order valence-electron chi connectivity index (χ1n) is 5.13. The average Bonchev–Trinajstić information content (AvgIpc) is 2.73. The lowest BCUT2D eigenvalue weighted by atomic mass is 10.2. The van der Waals surface area contributed by atoms with E-state index in [1.165, 1.54) is 17.4 Å². The second-order valence-corrected chi connectivity index (χ2v) is 5.86. The molecule has 0 aliphatic rings. The monoisotopic (exact) mass is 300 g/mol. The number of benzene rings is 1. The smallest absolute Gasteiger partial charge is 0.146 e. The van der Waals surface area contributed by atoms with Crippen LogP contribution in [0.15, 0.2) is 30.3 Å². The lowest BCUT2D eigenvalue weighted by Crippen LogP contribution is -2.10. The normalized spacial score (nSPS) is 10.3. The minimum Gasteiger partial charge on any atom is -0.389 e. The first-order chi connectivity index (χ1) is 8.56. The quantitative estimate of drug-likeness (QED) is 0.844. The van der Waals surface area contributed by atoms with Gasteiger partial charge in [-0.3, -0.25) is 0 Å². The van der Waals surface area contributed by atoms with E-state index in [1.54, 1.807) is 12.1 Å². The van der Waals surface area contributed by atoms with Gasteiger partial charge >= 0.3 is 0 Å². The van der Waals surface area contributed by atoms with Gasteiger partial charge in [0.05, 0.1) is 10.0 Å². The number of hydrogen-bond acceptors (Lipinski definition) is 3. The van der Waals surface area contributed by atoms with Crippen LogP contribution in [0.1, 0.15) is 10.4 Å². The van der Waals surface area contributed by atoms with Crippen LogP contribution in [0, 0.1) is 5.82 Å². The van der Waals surface area contributed by atoms with Crippen LogP contribution < -0.4 is 11.1 Å². The number of anilines is 1. The molecule has 0 spiro atoms. The molecule has 0 fully saturated rings. The lowest BCUT2D eigenvalue weighted by molar-refractivity contribution is 0.630. The number of thiocarbonyl (C=S) groups is 1. The van der Waals surface area contributed by atoms with Gasteiger partial charge in [-0.2, -0.15) is 0 Å². The van der Waals surface area contributed by atoms with E-state index in [1.807, 2.05) is 12.1 Å².